The zero-order valence-corrected chi connectivity index (χ0v) is 10.9. The Hall–Kier alpha value is -1.12. The molecular weight excluding hydrogens is 252 g/mol. The molecule has 0 unspecified atom stereocenters. The summed E-state index contributed by atoms with van der Waals surface area (Å²) in [5.41, 5.74) is 0. The van der Waals surface area contributed by atoms with E-state index in [4.69, 9.17) is 16.3 Å². The first-order chi connectivity index (χ1) is 8.38. The molecule has 1 nitrogen and oxygen atoms in total. The van der Waals surface area contributed by atoms with Gasteiger partial charge in [-0.25, -0.2) is 0 Å². The van der Waals surface area contributed by atoms with Gasteiger partial charge in [0.15, 0.2) is 0 Å². The highest BCUT2D eigenvalue weighted by atomic mass is 35.5. The van der Waals surface area contributed by atoms with Crippen LogP contribution in [-0.4, -0.2) is 11.6 Å². The first kappa shape index (κ1) is 12.3. The van der Waals surface area contributed by atoms with E-state index in [0.717, 1.165) is 17.3 Å². The third-order valence-corrected chi connectivity index (χ3v) is 3.58. The van der Waals surface area contributed by atoms with Crippen LogP contribution in [0.5, 0.6) is 11.5 Å². The smallest absolute Gasteiger partial charge is 0.127 e. The second kappa shape index (κ2) is 6.58. The van der Waals surface area contributed by atoms with Crippen LogP contribution in [0.15, 0.2) is 59.5 Å². The van der Waals surface area contributed by atoms with Gasteiger partial charge in [0.1, 0.15) is 11.5 Å². The Balaban J connectivity index is 1.98. The Kier molecular flexibility index (Phi) is 4.77. The van der Waals surface area contributed by atoms with E-state index in [1.54, 1.807) is 11.8 Å². The van der Waals surface area contributed by atoms with E-state index in [9.17, 15) is 0 Å². The summed E-state index contributed by atoms with van der Waals surface area (Å²) in [6, 6.07) is 17.8. The number of rotatable bonds is 5. The Bertz CT molecular complexity index is 442. The monoisotopic (exact) mass is 264 g/mol. The number of para-hydroxylation sites is 1. The molecule has 0 radical (unpaired) electrons. The van der Waals surface area contributed by atoms with Crippen molar-refractivity contribution in [1.29, 1.82) is 0 Å². The molecule has 17 heavy (non-hydrogen) atoms. The molecule has 0 spiro atoms. The molecule has 0 bridgehead atoms. The maximum Gasteiger partial charge on any atom is 0.127 e. The van der Waals surface area contributed by atoms with Gasteiger partial charge in [-0.1, -0.05) is 18.2 Å². The zero-order valence-electron chi connectivity index (χ0n) is 9.30. The molecule has 2 rings (SSSR count). The van der Waals surface area contributed by atoms with Crippen molar-refractivity contribution in [2.45, 2.75) is 4.90 Å². The average molecular weight is 265 g/mol. The van der Waals surface area contributed by atoms with E-state index in [2.05, 4.69) is 12.1 Å². The van der Waals surface area contributed by atoms with Crippen molar-refractivity contribution < 1.29 is 4.74 Å². The minimum absolute atomic E-state index is 0.674. The molecule has 0 heterocycles. The van der Waals surface area contributed by atoms with Crippen LogP contribution in [0.3, 0.4) is 0 Å². The van der Waals surface area contributed by atoms with E-state index in [1.807, 2.05) is 42.5 Å². The largest absolute Gasteiger partial charge is 0.457 e. The van der Waals surface area contributed by atoms with E-state index < -0.39 is 0 Å². The molecule has 0 atom stereocenters. The molecule has 0 saturated carbocycles. The van der Waals surface area contributed by atoms with Crippen LogP contribution in [-0.2, 0) is 0 Å². The third-order valence-electron chi connectivity index (χ3n) is 2.15. The van der Waals surface area contributed by atoms with E-state index in [-0.39, 0.29) is 0 Å². The summed E-state index contributed by atoms with van der Waals surface area (Å²) in [6.07, 6.45) is 0. The van der Waals surface area contributed by atoms with Crippen molar-refractivity contribution >= 4 is 23.4 Å². The molecule has 0 amide bonds. The van der Waals surface area contributed by atoms with Gasteiger partial charge in [-0.3, -0.25) is 0 Å². The predicted octanol–water partition coefficient (Wildman–Crippen LogP) is 4.81. The van der Waals surface area contributed by atoms with Gasteiger partial charge in [0, 0.05) is 16.5 Å². The molecule has 88 valence electrons. The number of ether oxygens (including phenoxy) is 1. The summed E-state index contributed by atoms with van der Waals surface area (Å²) >= 11 is 7.39. The summed E-state index contributed by atoms with van der Waals surface area (Å²) in [6.45, 7) is 0. The number of alkyl halides is 1. The van der Waals surface area contributed by atoms with Gasteiger partial charge in [0.25, 0.3) is 0 Å². The van der Waals surface area contributed by atoms with Crippen molar-refractivity contribution in [2.75, 3.05) is 11.6 Å². The number of halogens is 1. The first-order valence-corrected chi connectivity index (χ1v) is 6.92. The van der Waals surface area contributed by atoms with Gasteiger partial charge < -0.3 is 4.74 Å². The second-order valence-electron chi connectivity index (χ2n) is 3.42. The molecule has 0 aliphatic carbocycles. The predicted molar refractivity (Wildman–Crippen MR) is 74.4 cm³/mol. The van der Waals surface area contributed by atoms with Crippen molar-refractivity contribution in [1.82, 2.24) is 0 Å². The standard InChI is InChI=1S/C14H13ClOS/c15-10-11-17-14-8-6-13(7-9-14)16-12-4-2-1-3-5-12/h1-9H,10-11H2. The van der Waals surface area contributed by atoms with Crippen LogP contribution >= 0.6 is 23.4 Å². The highest BCUT2D eigenvalue weighted by Crippen LogP contribution is 2.25. The molecule has 2 aromatic rings. The van der Waals surface area contributed by atoms with Crippen LogP contribution in [0.2, 0.25) is 0 Å². The van der Waals surface area contributed by atoms with Crippen LogP contribution in [0.1, 0.15) is 0 Å². The van der Waals surface area contributed by atoms with Gasteiger partial charge in [-0.2, -0.15) is 0 Å². The van der Waals surface area contributed by atoms with Crippen molar-refractivity contribution in [3.63, 3.8) is 0 Å². The number of hydrogen-bond donors (Lipinski definition) is 0. The van der Waals surface area contributed by atoms with Crippen molar-refractivity contribution in [2.24, 2.45) is 0 Å². The van der Waals surface area contributed by atoms with Crippen molar-refractivity contribution in [3.05, 3.63) is 54.6 Å². The normalized spacial score (nSPS) is 10.2. The van der Waals surface area contributed by atoms with Crippen LogP contribution in [0.4, 0.5) is 0 Å². The fourth-order valence-electron chi connectivity index (χ4n) is 1.38. The van der Waals surface area contributed by atoms with Gasteiger partial charge in [-0.05, 0) is 36.4 Å². The summed E-state index contributed by atoms with van der Waals surface area (Å²) in [5.74, 6) is 3.31. The van der Waals surface area contributed by atoms with Gasteiger partial charge in [-0.15, -0.1) is 23.4 Å². The van der Waals surface area contributed by atoms with Crippen LogP contribution < -0.4 is 4.74 Å². The first-order valence-electron chi connectivity index (χ1n) is 5.40. The molecule has 3 heteroatoms. The fraction of sp³-hybridized carbons (Fsp3) is 0.143. The lowest BCUT2D eigenvalue weighted by molar-refractivity contribution is 0.482. The van der Waals surface area contributed by atoms with Gasteiger partial charge in [0.05, 0.1) is 0 Å². The van der Waals surface area contributed by atoms with Gasteiger partial charge in [0.2, 0.25) is 0 Å². The molecule has 0 N–H and O–H groups in total. The van der Waals surface area contributed by atoms with Crippen molar-refractivity contribution in [3.8, 4) is 11.5 Å². The maximum absolute atomic E-state index is 5.70. The number of hydrogen-bond acceptors (Lipinski definition) is 2. The Morgan fingerprint density at radius 1 is 0.882 bits per heavy atom. The van der Waals surface area contributed by atoms with Crippen LogP contribution in [0.25, 0.3) is 0 Å². The third kappa shape index (κ3) is 3.99. The van der Waals surface area contributed by atoms with E-state index >= 15 is 0 Å². The average Bonchev–Trinajstić information content (AvgIpc) is 2.39. The molecular formula is C14H13ClOS. The molecule has 2 aromatic carbocycles. The highest BCUT2D eigenvalue weighted by Gasteiger charge is 1.97. The molecule has 0 fully saturated rings. The lowest BCUT2D eigenvalue weighted by Gasteiger charge is -2.06. The number of benzene rings is 2. The quantitative estimate of drug-likeness (QED) is 0.566. The SMILES string of the molecule is ClCCSc1ccc(Oc2ccccc2)cc1. The zero-order chi connectivity index (χ0) is 11.9. The molecule has 0 aliphatic heterocycles. The molecule has 0 aliphatic rings. The molecule has 0 saturated heterocycles. The lowest BCUT2D eigenvalue weighted by atomic mass is 10.3. The molecule has 0 aromatic heterocycles. The summed E-state index contributed by atoms with van der Waals surface area (Å²) in [4.78, 5) is 1.21. The minimum atomic E-state index is 0.674. The Labute approximate surface area is 111 Å². The van der Waals surface area contributed by atoms with Gasteiger partial charge >= 0.3 is 0 Å². The summed E-state index contributed by atoms with van der Waals surface area (Å²) in [7, 11) is 0. The lowest BCUT2D eigenvalue weighted by Crippen LogP contribution is -1.84. The second-order valence-corrected chi connectivity index (χ2v) is 4.97. The minimum Gasteiger partial charge on any atom is -0.457 e. The summed E-state index contributed by atoms with van der Waals surface area (Å²) in [5, 5.41) is 0. The highest BCUT2D eigenvalue weighted by molar-refractivity contribution is 7.99. The topological polar surface area (TPSA) is 9.23 Å². The fourth-order valence-corrected chi connectivity index (χ4v) is 2.26. The van der Waals surface area contributed by atoms with E-state index in [0.29, 0.717) is 5.88 Å². The number of thioether (sulfide) groups is 1. The maximum atomic E-state index is 5.70. The van der Waals surface area contributed by atoms with E-state index in [1.165, 1.54) is 4.90 Å². The Morgan fingerprint density at radius 3 is 2.18 bits per heavy atom. The Morgan fingerprint density at radius 2 is 1.53 bits per heavy atom. The summed E-state index contributed by atoms with van der Waals surface area (Å²) < 4.78 is 5.70. The van der Waals surface area contributed by atoms with Crippen LogP contribution in [0, 0.1) is 0 Å².